The summed E-state index contributed by atoms with van der Waals surface area (Å²) in [6.45, 7) is 2.22. The van der Waals surface area contributed by atoms with Crippen LogP contribution in [0.25, 0.3) is 11.0 Å². The lowest BCUT2D eigenvalue weighted by Gasteiger charge is -2.20. The molecular formula is C14H17ClN2O. The Morgan fingerprint density at radius 1 is 1.44 bits per heavy atom. The van der Waals surface area contributed by atoms with Crippen molar-refractivity contribution >= 4 is 22.6 Å². The van der Waals surface area contributed by atoms with Crippen LogP contribution in [0.2, 0.25) is 5.02 Å². The monoisotopic (exact) mass is 264 g/mol. The number of hydrogen-bond donors (Lipinski definition) is 2. The Bertz CT molecular complexity index is 562. The van der Waals surface area contributed by atoms with Crippen molar-refractivity contribution in [1.29, 1.82) is 0 Å². The number of para-hydroxylation sites is 1. The van der Waals surface area contributed by atoms with Crippen molar-refractivity contribution in [2.75, 3.05) is 0 Å². The molecule has 0 bridgehead atoms. The molecule has 1 saturated carbocycles. The van der Waals surface area contributed by atoms with Crippen LogP contribution < -0.4 is 11.3 Å². The molecule has 0 aliphatic heterocycles. The molecule has 2 unspecified atom stereocenters. The summed E-state index contributed by atoms with van der Waals surface area (Å²) in [6, 6.07) is 7.86. The second kappa shape index (κ2) is 4.57. The van der Waals surface area contributed by atoms with Gasteiger partial charge in [-0.1, -0.05) is 30.7 Å². The van der Waals surface area contributed by atoms with Crippen molar-refractivity contribution < 1.29 is 4.42 Å². The Balaban J connectivity index is 1.99. The third-order valence-corrected chi connectivity index (χ3v) is 4.19. The number of benzene rings is 1. The highest BCUT2D eigenvalue weighted by Gasteiger charge is 2.35. The van der Waals surface area contributed by atoms with Crippen LogP contribution in [0.3, 0.4) is 0 Å². The van der Waals surface area contributed by atoms with Crippen molar-refractivity contribution in [2.45, 2.75) is 25.8 Å². The predicted octanol–water partition coefficient (Wildman–Crippen LogP) is 3.64. The molecule has 1 aliphatic rings. The van der Waals surface area contributed by atoms with Crippen LogP contribution in [0.5, 0.6) is 0 Å². The molecule has 96 valence electrons. The Morgan fingerprint density at radius 3 is 2.83 bits per heavy atom. The van der Waals surface area contributed by atoms with Crippen LogP contribution in [0.1, 0.15) is 31.6 Å². The van der Waals surface area contributed by atoms with Crippen LogP contribution in [-0.2, 0) is 0 Å². The number of furan rings is 1. The maximum absolute atomic E-state index is 6.13. The van der Waals surface area contributed by atoms with E-state index in [2.05, 4.69) is 12.3 Å². The molecule has 0 saturated heterocycles. The summed E-state index contributed by atoms with van der Waals surface area (Å²) in [4.78, 5) is 0. The van der Waals surface area contributed by atoms with Gasteiger partial charge in [-0.05, 0) is 36.8 Å². The maximum Gasteiger partial charge on any atom is 0.152 e. The molecule has 2 atom stereocenters. The summed E-state index contributed by atoms with van der Waals surface area (Å²) in [5.74, 6) is 7.80. The van der Waals surface area contributed by atoms with Gasteiger partial charge in [-0.15, -0.1) is 0 Å². The SMILES string of the molecule is CC(C1CC1)C(NN)c1cc2cccc(Cl)c2o1. The van der Waals surface area contributed by atoms with Crippen molar-refractivity contribution in [2.24, 2.45) is 17.7 Å². The first kappa shape index (κ1) is 12.0. The number of rotatable bonds is 4. The van der Waals surface area contributed by atoms with Gasteiger partial charge in [0.1, 0.15) is 5.76 Å². The molecule has 1 aliphatic carbocycles. The minimum absolute atomic E-state index is 0.0565. The average molecular weight is 265 g/mol. The van der Waals surface area contributed by atoms with Crippen LogP contribution in [0.15, 0.2) is 28.7 Å². The molecule has 0 radical (unpaired) electrons. The van der Waals surface area contributed by atoms with E-state index in [4.69, 9.17) is 21.9 Å². The molecule has 1 aromatic heterocycles. The second-order valence-corrected chi connectivity index (χ2v) is 5.56. The van der Waals surface area contributed by atoms with Gasteiger partial charge in [-0.25, -0.2) is 5.43 Å². The number of nitrogens with one attached hydrogen (secondary N) is 1. The lowest BCUT2D eigenvalue weighted by molar-refractivity contribution is 0.309. The molecule has 3 N–H and O–H groups in total. The largest absolute Gasteiger partial charge is 0.458 e. The van der Waals surface area contributed by atoms with E-state index in [0.717, 1.165) is 22.6 Å². The summed E-state index contributed by atoms with van der Waals surface area (Å²) in [7, 11) is 0. The van der Waals surface area contributed by atoms with E-state index >= 15 is 0 Å². The molecule has 1 aromatic carbocycles. The molecule has 1 fully saturated rings. The number of hydrogen-bond acceptors (Lipinski definition) is 3. The smallest absolute Gasteiger partial charge is 0.152 e. The van der Waals surface area contributed by atoms with Gasteiger partial charge >= 0.3 is 0 Å². The third kappa shape index (κ3) is 2.03. The molecule has 1 heterocycles. The summed E-state index contributed by atoms with van der Waals surface area (Å²) >= 11 is 6.13. The zero-order valence-corrected chi connectivity index (χ0v) is 11.1. The van der Waals surface area contributed by atoms with Gasteiger partial charge in [-0.3, -0.25) is 5.84 Å². The Kier molecular flexibility index (Phi) is 3.06. The third-order valence-electron chi connectivity index (χ3n) is 3.89. The van der Waals surface area contributed by atoms with Crippen molar-refractivity contribution in [3.63, 3.8) is 0 Å². The fourth-order valence-corrected chi connectivity index (χ4v) is 2.81. The molecule has 3 rings (SSSR count). The molecule has 0 amide bonds. The van der Waals surface area contributed by atoms with Gasteiger partial charge < -0.3 is 4.42 Å². The van der Waals surface area contributed by atoms with E-state index in [9.17, 15) is 0 Å². The normalized spacial score (nSPS) is 19.1. The first-order valence-electron chi connectivity index (χ1n) is 6.35. The fraction of sp³-hybridized carbons (Fsp3) is 0.429. The molecule has 18 heavy (non-hydrogen) atoms. The minimum atomic E-state index is 0.0565. The lowest BCUT2D eigenvalue weighted by Crippen LogP contribution is -2.33. The van der Waals surface area contributed by atoms with Crippen LogP contribution >= 0.6 is 11.6 Å². The van der Waals surface area contributed by atoms with Crippen LogP contribution in [0.4, 0.5) is 0 Å². The highest BCUT2D eigenvalue weighted by atomic mass is 35.5. The molecule has 2 aromatic rings. The van der Waals surface area contributed by atoms with Crippen molar-refractivity contribution in [3.05, 3.63) is 35.0 Å². The minimum Gasteiger partial charge on any atom is -0.458 e. The number of fused-ring (bicyclic) bond motifs is 1. The number of halogens is 1. The number of hydrazine groups is 1. The van der Waals surface area contributed by atoms with Gasteiger partial charge in [0.25, 0.3) is 0 Å². The summed E-state index contributed by atoms with van der Waals surface area (Å²) in [6.07, 6.45) is 2.58. The van der Waals surface area contributed by atoms with Crippen LogP contribution in [-0.4, -0.2) is 0 Å². The van der Waals surface area contributed by atoms with Crippen molar-refractivity contribution in [3.8, 4) is 0 Å². The Hall–Kier alpha value is -1.03. The van der Waals surface area contributed by atoms with E-state index in [1.807, 2.05) is 24.3 Å². The van der Waals surface area contributed by atoms with Gasteiger partial charge in [0.2, 0.25) is 0 Å². The van der Waals surface area contributed by atoms with Gasteiger partial charge in [-0.2, -0.15) is 0 Å². The van der Waals surface area contributed by atoms with E-state index in [1.54, 1.807) is 0 Å². The quantitative estimate of drug-likeness (QED) is 0.655. The zero-order valence-electron chi connectivity index (χ0n) is 10.3. The van der Waals surface area contributed by atoms with Crippen LogP contribution in [0, 0.1) is 11.8 Å². The average Bonchev–Trinajstić information content (AvgIpc) is 3.11. The predicted molar refractivity (Wildman–Crippen MR) is 73.2 cm³/mol. The molecule has 0 spiro atoms. The first-order valence-corrected chi connectivity index (χ1v) is 6.72. The topological polar surface area (TPSA) is 51.2 Å². The summed E-state index contributed by atoms with van der Waals surface area (Å²) in [5.41, 5.74) is 3.63. The second-order valence-electron chi connectivity index (χ2n) is 5.15. The number of nitrogens with two attached hydrogens (primary N) is 1. The van der Waals surface area contributed by atoms with Gasteiger partial charge in [0, 0.05) is 5.39 Å². The molecule has 4 heteroatoms. The summed E-state index contributed by atoms with van der Waals surface area (Å²) in [5, 5.41) is 1.68. The fourth-order valence-electron chi connectivity index (χ4n) is 2.59. The summed E-state index contributed by atoms with van der Waals surface area (Å²) < 4.78 is 5.88. The van der Waals surface area contributed by atoms with Crippen molar-refractivity contribution in [1.82, 2.24) is 5.43 Å². The molecule has 3 nitrogen and oxygen atoms in total. The first-order chi connectivity index (χ1) is 8.70. The van der Waals surface area contributed by atoms with E-state index in [0.29, 0.717) is 10.9 Å². The highest BCUT2D eigenvalue weighted by molar-refractivity contribution is 6.34. The van der Waals surface area contributed by atoms with E-state index in [1.165, 1.54) is 12.8 Å². The standard InChI is InChI=1S/C14H17ClN2O/c1-8(9-5-6-9)13(17-16)12-7-10-3-2-4-11(15)14(10)18-12/h2-4,7-9,13,17H,5-6,16H2,1H3. The highest BCUT2D eigenvalue weighted by Crippen LogP contribution is 2.43. The maximum atomic E-state index is 6.13. The van der Waals surface area contributed by atoms with Gasteiger partial charge in [0.05, 0.1) is 11.1 Å². The Morgan fingerprint density at radius 2 is 2.22 bits per heavy atom. The lowest BCUT2D eigenvalue weighted by atomic mass is 9.95. The zero-order chi connectivity index (χ0) is 12.7. The van der Waals surface area contributed by atoms with Gasteiger partial charge in [0.15, 0.2) is 5.58 Å². The van der Waals surface area contributed by atoms with E-state index in [-0.39, 0.29) is 6.04 Å². The Labute approximate surface area is 111 Å². The van der Waals surface area contributed by atoms with E-state index < -0.39 is 0 Å². The molecular weight excluding hydrogens is 248 g/mol.